The minimum absolute atomic E-state index is 0.356. The van der Waals surface area contributed by atoms with Crippen LogP contribution in [0.4, 0.5) is 0 Å². The first-order chi connectivity index (χ1) is 6.18. The second-order valence-corrected chi connectivity index (χ2v) is 4.01. The molecule has 0 atom stereocenters. The monoisotopic (exact) mass is 208 g/mol. The first kappa shape index (κ1) is 12.7. The van der Waals surface area contributed by atoms with Gasteiger partial charge in [-0.25, -0.2) is 4.57 Å². The molecular weight excluding hydrogens is 191 g/mol. The van der Waals surface area contributed by atoms with Gasteiger partial charge in [0.05, 0.1) is 19.5 Å². The molecule has 0 aliphatic carbocycles. The Balaban J connectivity index is 3.99. The third-order valence-electron chi connectivity index (χ3n) is 1.11. The van der Waals surface area contributed by atoms with Crippen LogP contribution in [0.2, 0.25) is 0 Å². The average Bonchev–Trinajstić information content (AvgIpc) is 2.12. The molecule has 0 saturated carbocycles. The van der Waals surface area contributed by atoms with Crippen molar-refractivity contribution in [3.63, 3.8) is 0 Å². The quantitative estimate of drug-likeness (QED) is 0.454. The van der Waals surface area contributed by atoms with Gasteiger partial charge in [0.1, 0.15) is 0 Å². The van der Waals surface area contributed by atoms with Gasteiger partial charge in [-0.3, -0.25) is 9.05 Å². The highest BCUT2D eigenvalue weighted by Gasteiger charge is 2.25. The number of phosphoric ester groups is 1. The van der Waals surface area contributed by atoms with Crippen LogP contribution < -0.4 is 0 Å². The highest BCUT2D eigenvalue weighted by molar-refractivity contribution is 7.48. The summed E-state index contributed by atoms with van der Waals surface area (Å²) in [4.78, 5) is 0. The highest BCUT2D eigenvalue weighted by atomic mass is 31.2. The Morgan fingerprint density at radius 3 is 2.00 bits per heavy atom. The predicted octanol–water partition coefficient (Wildman–Crippen LogP) is 3.11. The van der Waals surface area contributed by atoms with E-state index in [2.05, 4.69) is 6.58 Å². The molecule has 4 nitrogen and oxygen atoms in total. The lowest BCUT2D eigenvalue weighted by atomic mass is 10.5. The summed E-state index contributed by atoms with van der Waals surface area (Å²) in [6.07, 6.45) is 2.60. The summed E-state index contributed by atoms with van der Waals surface area (Å²) in [5, 5.41) is 0. The van der Waals surface area contributed by atoms with Crippen LogP contribution in [0, 0.1) is 0 Å². The molecule has 0 saturated heterocycles. The molecule has 5 heteroatoms. The van der Waals surface area contributed by atoms with Crippen LogP contribution in [0.5, 0.6) is 0 Å². The third-order valence-corrected chi connectivity index (χ3v) is 2.52. The zero-order valence-corrected chi connectivity index (χ0v) is 9.09. The second-order valence-electron chi connectivity index (χ2n) is 2.39. The molecule has 13 heavy (non-hydrogen) atoms. The van der Waals surface area contributed by atoms with E-state index in [9.17, 15) is 4.57 Å². The van der Waals surface area contributed by atoms with Crippen LogP contribution in [-0.2, 0) is 18.1 Å². The Hall–Kier alpha value is -0.310. The molecule has 0 aromatic heterocycles. The normalized spacial score (nSPS) is 11.2. The van der Waals surface area contributed by atoms with Crippen molar-refractivity contribution < 1.29 is 18.1 Å². The maximum atomic E-state index is 11.6. The van der Waals surface area contributed by atoms with Gasteiger partial charge < -0.3 is 4.52 Å². The summed E-state index contributed by atoms with van der Waals surface area (Å²) >= 11 is 0. The number of phosphoric acid groups is 1. The molecule has 0 aromatic rings. The maximum absolute atomic E-state index is 11.6. The zero-order valence-electron chi connectivity index (χ0n) is 8.19. The molecule has 0 bridgehead atoms. The van der Waals surface area contributed by atoms with Crippen LogP contribution in [0.25, 0.3) is 0 Å². The van der Waals surface area contributed by atoms with E-state index in [4.69, 9.17) is 13.6 Å². The second kappa shape index (κ2) is 7.13. The number of rotatable bonds is 8. The van der Waals surface area contributed by atoms with Gasteiger partial charge in [-0.2, -0.15) is 0 Å². The molecule has 0 aliphatic rings. The van der Waals surface area contributed by atoms with Crippen molar-refractivity contribution in [3.05, 3.63) is 12.8 Å². The van der Waals surface area contributed by atoms with Crippen LogP contribution in [-0.4, -0.2) is 13.2 Å². The summed E-state index contributed by atoms with van der Waals surface area (Å²) in [7, 11) is -3.37. The number of hydrogen-bond acceptors (Lipinski definition) is 4. The molecule has 0 heterocycles. The standard InChI is InChI=1S/C8H17O4P/c1-4-7-11-13(9,10-6-3)12-8-5-2/h6H,3-5,7-8H2,1-2H3. The van der Waals surface area contributed by atoms with E-state index >= 15 is 0 Å². The van der Waals surface area contributed by atoms with Crippen LogP contribution in [0.3, 0.4) is 0 Å². The Bertz CT molecular complexity index is 169. The van der Waals surface area contributed by atoms with Crippen molar-refractivity contribution in [1.82, 2.24) is 0 Å². The molecule has 0 radical (unpaired) electrons. The lowest BCUT2D eigenvalue weighted by Gasteiger charge is -2.15. The predicted molar refractivity (Wildman–Crippen MR) is 51.4 cm³/mol. The lowest BCUT2D eigenvalue weighted by Crippen LogP contribution is -1.99. The van der Waals surface area contributed by atoms with E-state index in [1.807, 2.05) is 13.8 Å². The van der Waals surface area contributed by atoms with Gasteiger partial charge in [-0.05, 0) is 12.8 Å². The van der Waals surface area contributed by atoms with Crippen LogP contribution >= 0.6 is 7.82 Å². The van der Waals surface area contributed by atoms with Gasteiger partial charge >= 0.3 is 7.82 Å². The van der Waals surface area contributed by atoms with Gasteiger partial charge in [-0.15, -0.1) is 0 Å². The smallest absolute Gasteiger partial charge is 0.413 e. The Kier molecular flexibility index (Phi) is 6.96. The van der Waals surface area contributed by atoms with Crippen molar-refractivity contribution in [2.45, 2.75) is 26.7 Å². The fourth-order valence-electron chi connectivity index (χ4n) is 0.596. The first-order valence-electron chi connectivity index (χ1n) is 4.37. The minimum atomic E-state index is -3.37. The zero-order chi connectivity index (χ0) is 10.2. The Morgan fingerprint density at radius 1 is 1.23 bits per heavy atom. The fourth-order valence-corrected chi connectivity index (χ4v) is 1.79. The molecule has 78 valence electrons. The molecule has 0 rings (SSSR count). The third kappa shape index (κ3) is 5.86. The molecular formula is C8H17O4P. The van der Waals surface area contributed by atoms with E-state index in [-0.39, 0.29) is 0 Å². The molecule has 0 aliphatic heterocycles. The SMILES string of the molecule is C=COP(=O)(OCCC)OCCC. The summed E-state index contributed by atoms with van der Waals surface area (Å²) in [5.74, 6) is 0. The maximum Gasteiger partial charge on any atom is 0.529 e. The molecule has 0 unspecified atom stereocenters. The van der Waals surface area contributed by atoms with Crippen molar-refractivity contribution in [3.8, 4) is 0 Å². The van der Waals surface area contributed by atoms with Crippen molar-refractivity contribution in [2.75, 3.05) is 13.2 Å². The molecule has 0 fully saturated rings. The largest absolute Gasteiger partial charge is 0.529 e. The van der Waals surface area contributed by atoms with Crippen molar-refractivity contribution in [1.29, 1.82) is 0 Å². The Labute approximate surface area is 79.5 Å². The van der Waals surface area contributed by atoms with Gasteiger partial charge in [0.15, 0.2) is 0 Å². The van der Waals surface area contributed by atoms with Crippen molar-refractivity contribution >= 4 is 7.82 Å². The fraction of sp³-hybridized carbons (Fsp3) is 0.750. The van der Waals surface area contributed by atoms with Gasteiger partial charge in [0.25, 0.3) is 0 Å². The van der Waals surface area contributed by atoms with Gasteiger partial charge in [-0.1, -0.05) is 20.4 Å². The summed E-state index contributed by atoms with van der Waals surface area (Å²) < 4.78 is 26.2. The summed E-state index contributed by atoms with van der Waals surface area (Å²) in [6.45, 7) is 7.85. The topological polar surface area (TPSA) is 44.8 Å². The minimum Gasteiger partial charge on any atom is -0.413 e. The van der Waals surface area contributed by atoms with E-state index in [1.165, 1.54) is 0 Å². The van der Waals surface area contributed by atoms with Crippen LogP contribution in [0.15, 0.2) is 12.8 Å². The van der Waals surface area contributed by atoms with Crippen molar-refractivity contribution in [2.24, 2.45) is 0 Å². The van der Waals surface area contributed by atoms with Gasteiger partial charge in [0.2, 0.25) is 0 Å². The summed E-state index contributed by atoms with van der Waals surface area (Å²) in [5.41, 5.74) is 0. The molecule has 0 N–H and O–H groups in total. The van der Waals surface area contributed by atoms with E-state index in [0.717, 1.165) is 19.1 Å². The van der Waals surface area contributed by atoms with E-state index in [1.54, 1.807) is 0 Å². The molecule has 0 aromatic carbocycles. The number of hydrogen-bond donors (Lipinski definition) is 0. The Morgan fingerprint density at radius 2 is 1.69 bits per heavy atom. The molecule has 0 amide bonds. The first-order valence-corrected chi connectivity index (χ1v) is 5.83. The van der Waals surface area contributed by atoms with E-state index < -0.39 is 7.82 Å². The average molecular weight is 208 g/mol. The van der Waals surface area contributed by atoms with Crippen LogP contribution in [0.1, 0.15) is 26.7 Å². The molecule has 0 spiro atoms. The summed E-state index contributed by atoms with van der Waals surface area (Å²) in [6, 6.07) is 0. The van der Waals surface area contributed by atoms with E-state index in [0.29, 0.717) is 13.2 Å². The van der Waals surface area contributed by atoms with Gasteiger partial charge in [0, 0.05) is 0 Å². The lowest BCUT2D eigenvalue weighted by molar-refractivity contribution is 0.143. The highest BCUT2D eigenvalue weighted by Crippen LogP contribution is 2.49.